The number of hydrogen-bond donors (Lipinski definition) is 1. The number of rotatable bonds is 5. The van der Waals surface area contributed by atoms with Crippen molar-refractivity contribution in [2.75, 3.05) is 32.6 Å². The number of ether oxygens (including phenoxy) is 2. The Balaban J connectivity index is 2.11. The lowest BCUT2D eigenvalue weighted by Gasteiger charge is -2.15. The molecule has 1 heterocycles. The van der Waals surface area contributed by atoms with E-state index in [0.29, 0.717) is 11.3 Å². The Morgan fingerprint density at radius 2 is 1.67 bits per heavy atom. The number of methoxy groups -OCH3 is 2. The zero-order valence-corrected chi connectivity index (χ0v) is 13.7. The van der Waals surface area contributed by atoms with E-state index < -0.39 is 11.9 Å². The SMILES string of the molecule is COC(=O)/C=C(/Nc1ccc(C(=O)N2CCCC2)cc1)C(=O)OC. The molecule has 7 heteroatoms. The average Bonchev–Trinajstić information content (AvgIpc) is 3.15. The second kappa shape index (κ2) is 8.14. The third-order valence-electron chi connectivity index (χ3n) is 3.67. The van der Waals surface area contributed by atoms with E-state index in [2.05, 4.69) is 14.8 Å². The lowest BCUT2D eigenvalue weighted by atomic mass is 10.2. The van der Waals surface area contributed by atoms with E-state index in [-0.39, 0.29) is 11.6 Å². The van der Waals surface area contributed by atoms with Gasteiger partial charge in [0.1, 0.15) is 5.70 Å². The molecule has 1 amide bonds. The quantitative estimate of drug-likeness (QED) is 0.651. The summed E-state index contributed by atoms with van der Waals surface area (Å²) < 4.78 is 9.13. The van der Waals surface area contributed by atoms with Crippen molar-refractivity contribution in [3.8, 4) is 0 Å². The number of carbonyl (C=O) groups excluding carboxylic acids is 3. The summed E-state index contributed by atoms with van der Waals surface area (Å²) in [5, 5.41) is 2.79. The van der Waals surface area contributed by atoms with Crippen molar-refractivity contribution in [3.63, 3.8) is 0 Å². The van der Waals surface area contributed by atoms with Gasteiger partial charge in [-0.05, 0) is 37.1 Å². The Morgan fingerprint density at radius 3 is 2.21 bits per heavy atom. The van der Waals surface area contributed by atoms with Crippen molar-refractivity contribution in [2.24, 2.45) is 0 Å². The van der Waals surface area contributed by atoms with Gasteiger partial charge < -0.3 is 19.7 Å². The minimum atomic E-state index is -0.697. The number of likely N-dealkylation sites (tertiary alicyclic amines) is 1. The van der Waals surface area contributed by atoms with Gasteiger partial charge in [0.05, 0.1) is 20.3 Å². The monoisotopic (exact) mass is 332 g/mol. The largest absolute Gasteiger partial charge is 0.466 e. The van der Waals surface area contributed by atoms with Gasteiger partial charge in [-0.3, -0.25) is 4.79 Å². The van der Waals surface area contributed by atoms with Crippen LogP contribution in [0.4, 0.5) is 5.69 Å². The maximum Gasteiger partial charge on any atom is 0.354 e. The normalized spacial score (nSPS) is 14.2. The van der Waals surface area contributed by atoms with Crippen LogP contribution < -0.4 is 5.32 Å². The molecule has 0 aliphatic carbocycles. The van der Waals surface area contributed by atoms with Crippen molar-refractivity contribution in [3.05, 3.63) is 41.6 Å². The number of hydrogen-bond acceptors (Lipinski definition) is 6. The number of carbonyl (C=O) groups is 3. The first-order valence-corrected chi connectivity index (χ1v) is 7.59. The van der Waals surface area contributed by atoms with Gasteiger partial charge in [-0.1, -0.05) is 0 Å². The number of nitrogens with zero attached hydrogens (tertiary/aromatic N) is 1. The van der Waals surface area contributed by atoms with E-state index in [9.17, 15) is 14.4 Å². The molecule has 1 N–H and O–H groups in total. The molecule has 128 valence electrons. The van der Waals surface area contributed by atoms with Gasteiger partial charge in [0.25, 0.3) is 5.91 Å². The third-order valence-corrected chi connectivity index (χ3v) is 3.67. The first kappa shape index (κ1) is 17.5. The Labute approximate surface area is 140 Å². The summed E-state index contributed by atoms with van der Waals surface area (Å²) in [6, 6.07) is 6.68. The molecule has 1 saturated heterocycles. The summed E-state index contributed by atoms with van der Waals surface area (Å²) in [4.78, 5) is 37.1. The van der Waals surface area contributed by atoms with Crippen LogP contribution in [0.1, 0.15) is 23.2 Å². The van der Waals surface area contributed by atoms with Gasteiger partial charge in [0.2, 0.25) is 0 Å². The zero-order chi connectivity index (χ0) is 17.5. The summed E-state index contributed by atoms with van der Waals surface area (Å²) in [5.74, 6) is -1.38. The topological polar surface area (TPSA) is 84.9 Å². The highest BCUT2D eigenvalue weighted by atomic mass is 16.5. The molecule has 0 unspecified atom stereocenters. The molecule has 1 aromatic rings. The van der Waals surface area contributed by atoms with Gasteiger partial charge in [-0.15, -0.1) is 0 Å². The summed E-state index contributed by atoms with van der Waals surface area (Å²) in [5.41, 5.74) is 1.08. The van der Waals surface area contributed by atoms with Gasteiger partial charge in [-0.2, -0.15) is 0 Å². The molecule has 2 rings (SSSR count). The molecular weight excluding hydrogens is 312 g/mol. The third kappa shape index (κ3) is 4.34. The van der Waals surface area contributed by atoms with E-state index in [0.717, 1.165) is 32.0 Å². The molecule has 1 aliphatic heterocycles. The van der Waals surface area contributed by atoms with Crippen LogP contribution in [0.2, 0.25) is 0 Å². The van der Waals surface area contributed by atoms with Gasteiger partial charge in [0, 0.05) is 24.3 Å². The lowest BCUT2D eigenvalue weighted by Crippen LogP contribution is -2.27. The van der Waals surface area contributed by atoms with E-state index in [1.54, 1.807) is 24.3 Å². The van der Waals surface area contributed by atoms with E-state index in [4.69, 9.17) is 0 Å². The van der Waals surface area contributed by atoms with Crippen LogP contribution in [-0.2, 0) is 19.1 Å². The Bertz CT molecular complexity index is 645. The molecule has 0 atom stereocenters. The molecular formula is C17H20N2O5. The minimum absolute atomic E-state index is 0.00246. The van der Waals surface area contributed by atoms with Crippen molar-refractivity contribution in [2.45, 2.75) is 12.8 Å². The molecule has 0 saturated carbocycles. The van der Waals surface area contributed by atoms with Crippen molar-refractivity contribution >= 4 is 23.5 Å². The predicted molar refractivity (Wildman–Crippen MR) is 87.3 cm³/mol. The molecule has 0 spiro atoms. The number of benzene rings is 1. The van der Waals surface area contributed by atoms with Crippen molar-refractivity contribution < 1.29 is 23.9 Å². The standard InChI is InChI=1S/C17H20N2O5/c1-23-15(20)11-14(17(22)24-2)18-13-7-5-12(6-8-13)16(21)19-9-3-4-10-19/h5-8,11,18H,3-4,9-10H2,1-2H3/b14-11+. The van der Waals surface area contributed by atoms with Crippen LogP contribution in [0.3, 0.4) is 0 Å². The minimum Gasteiger partial charge on any atom is -0.466 e. The fourth-order valence-electron chi connectivity index (χ4n) is 2.39. The first-order chi connectivity index (χ1) is 11.5. The second-order valence-electron chi connectivity index (χ2n) is 5.27. The van der Waals surface area contributed by atoms with E-state index >= 15 is 0 Å². The molecule has 7 nitrogen and oxygen atoms in total. The van der Waals surface area contributed by atoms with E-state index in [1.165, 1.54) is 14.2 Å². The summed E-state index contributed by atoms with van der Waals surface area (Å²) in [7, 11) is 2.43. The number of amides is 1. The Hall–Kier alpha value is -2.83. The number of esters is 2. The highest BCUT2D eigenvalue weighted by Crippen LogP contribution is 2.17. The van der Waals surface area contributed by atoms with Crippen LogP contribution in [0.15, 0.2) is 36.0 Å². The molecule has 0 bridgehead atoms. The van der Waals surface area contributed by atoms with Crippen LogP contribution in [0.25, 0.3) is 0 Å². The molecule has 1 aromatic carbocycles. The van der Waals surface area contributed by atoms with Crippen LogP contribution >= 0.6 is 0 Å². The van der Waals surface area contributed by atoms with Crippen LogP contribution in [0.5, 0.6) is 0 Å². The number of nitrogens with one attached hydrogen (secondary N) is 1. The summed E-state index contributed by atoms with van der Waals surface area (Å²) in [6.45, 7) is 1.57. The summed E-state index contributed by atoms with van der Waals surface area (Å²) in [6.07, 6.45) is 3.08. The zero-order valence-electron chi connectivity index (χ0n) is 13.7. The Kier molecular flexibility index (Phi) is 5.95. The van der Waals surface area contributed by atoms with E-state index in [1.807, 2.05) is 4.90 Å². The Morgan fingerprint density at radius 1 is 1.04 bits per heavy atom. The second-order valence-corrected chi connectivity index (χ2v) is 5.27. The maximum absolute atomic E-state index is 12.3. The fraction of sp³-hybridized carbons (Fsp3) is 0.353. The smallest absolute Gasteiger partial charge is 0.354 e. The maximum atomic E-state index is 12.3. The van der Waals surface area contributed by atoms with Crippen molar-refractivity contribution in [1.82, 2.24) is 4.90 Å². The van der Waals surface area contributed by atoms with Crippen molar-refractivity contribution in [1.29, 1.82) is 0 Å². The average molecular weight is 332 g/mol. The van der Waals surface area contributed by atoms with Crippen LogP contribution in [-0.4, -0.2) is 50.1 Å². The van der Waals surface area contributed by atoms with Gasteiger partial charge in [0.15, 0.2) is 0 Å². The highest BCUT2D eigenvalue weighted by molar-refractivity contribution is 5.99. The van der Waals surface area contributed by atoms with Crippen LogP contribution in [0, 0.1) is 0 Å². The summed E-state index contributed by atoms with van der Waals surface area (Å²) >= 11 is 0. The molecule has 0 aromatic heterocycles. The van der Waals surface area contributed by atoms with Gasteiger partial charge >= 0.3 is 11.9 Å². The number of anilines is 1. The predicted octanol–water partition coefficient (Wildman–Crippen LogP) is 1.56. The molecule has 1 fully saturated rings. The lowest BCUT2D eigenvalue weighted by molar-refractivity contribution is -0.138. The fourth-order valence-corrected chi connectivity index (χ4v) is 2.39. The molecule has 1 aliphatic rings. The van der Waals surface area contributed by atoms with Gasteiger partial charge in [-0.25, -0.2) is 9.59 Å². The highest BCUT2D eigenvalue weighted by Gasteiger charge is 2.19. The molecule has 0 radical (unpaired) electrons. The first-order valence-electron chi connectivity index (χ1n) is 7.59. The molecule has 24 heavy (non-hydrogen) atoms.